The van der Waals surface area contributed by atoms with Gasteiger partial charge in [0, 0.05) is 6.04 Å². The fourth-order valence-corrected chi connectivity index (χ4v) is 3.24. The predicted octanol–water partition coefficient (Wildman–Crippen LogP) is 2.34. The summed E-state index contributed by atoms with van der Waals surface area (Å²) < 4.78 is 5.41. The molecule has 4 unspecified atom stereocenters. The Morgan fingerprint density at radius 1 is 1.29 bits per heavy atom. The van der Waals surface area contributed by atoms with Crippen LogP contribution in [0.4, 0.5) is 0 Å². The number of hydrogen-bond acceptors (Lipinski definition) is 3. The van der Waals surface area contributed by atoms with Crippen molar-refractivity contribution in [3.8, 4) is 0 Å². The zero-order valence-corrected chi connectivity index (χ0v) is 11.2. The monoisotopic (exact) mass is 239 g/mol. The van der Waals surface area contributed by atoms with Gasteiger partial charge in [0.1, 0.15) is 0 Å². The first kappa shape index (κ1) is 12.9. The Bertz CT molecular complexity index is 293. The average molecular weight is 239 g/mol. The minimum Gasteiger partial charge on any atom is -0.465 e. The number of nitrogens with two attached hydrogens (primary N) is 1. The fourth-order valence-electron chi connectivity index (χ4n) is 3.24. The van der Waals surface area contributed by atoms with Crippen molar-refractivity contribution in [3.05, 3.63) is 0 Å². The highest BCUT2D eigenvalue weighted by Crippen LogP contribution is 2.48. The average Bonchev–Trinajstić information content (AvgIpc) is 2.75. The standard InChI is InChI=1S/C14H25NO2/c1-14(2,3)6-7-17-13(16)11-9-4-5-10(8-9)12(11)15/h9-12H,4-8,15H2,1-3H3. The topological polar surface area (TPSA) is 52.3 Å². The van der Waals surface area contributed by atoms with E-state index in [0.717, 1.165) is 19.3 Å². The number of esters is 1. The molecule has 2 bridgehead atoms. The Labute approximate surface area is 104 Å². The zero-order chi connectivity index (χ0) is 12.6. The molecule has 98 valence electrons. The van der Waals surface area contributed by atoms with Gasteiger partial charge in [-0.3, -0.25) is 4.79 Å². The van der Waals surface area contributed by atoms with E-state index in [-0.39, 0.29) is 23.3 Å². The van der Waals surface area contributed by atoms with E-state index in [9.17, 15) is 4.79 Å². The molecule has 17 heavy (non-hydrogen) atoms. The fraction of sp³-hybridized carbons (Fsp3) is 0.929. The Morgan fingerprint density at radius 2 is 1.94 bits per heavy atom. The molecule has 0 heterocycles. The zero-order valence-electron chi connectivity index (χ0n) is 11.2. The molecule has 0 saturated heterocycles. The first-order valence-electron chi connectivity index (χ1n) is 6.81. The van der Waals surface area contributed by atoms with Crippen molar-refractivity contribution in [2.75, 3.05) is 6.61 Å². The molecule has 2 N–H and O–H groups in total. The molecule has 2 aliphatic rings. The highest BCUT2D eigenvalue weighted by Gasteiger charge is 2.49. The molecule has 0 aromatic rings. The first-order chi connectivity index (χ1) is 7.88. The number of fused-ring (bicyclic) bond motifs is 2. The highest BCUT2D eigenvalue weighted by atomic mass is 16.5. The molecule has 0 amide bonds. The maximum Gasteiger partial charge on any atom is 0.310 e. The molecule has 4 atom stereocenters. The number of ether oxygens (including phenoxy) is 1. The van der Waals surface area contributed by atoms with Crippen molar-refractivity contribution in [2.45, 2.75) is 52.5 Å². The summed E-state index contributed by atoms with van der Waals surface area (Å²) in [6.07, 6.45) is 4.42. The molecule has 0 aliphatic heterocycles. The van der Waals surface area contributed by atoms with Crippen LogP contribution in [0.2, 0.25) is 0 Å². The van der Waals surface area contributed by atoms with Gasteiger partial charge in [-0.05, 0) is 42.9 Å². The Balaban J connectivity index is 1.81. The van der Waals surface area contributed by atoms with Gasteiger partial charge in [-0.2, -0.15) is 0 Å². The summed E-state index contributed by atoms with van der Waals surface area (Å²) in [5, 5.41) is 0. The molecular formula is C14H25NO2. The summed E-state index contributed by atoms with van der Waals surface area (Å²) in [6.45, 7) is 7.00. The van der Waals surface area contributed by atoms with Crippen molar-refractivity contribution in [2.24, 2.45) is 28.9 Å². The van der Waals surface area contributed by atoms with Gasteiger partial charge in [-0.1, -0.05) is 20.8 Å². The predicted molar refractivity (Wildman–Crippen MR) is 67.3 cm³/mol. The van der Waals surface area contributed by atoms with Gasteiger partial charge in [0.05, 0.1) is 12.5 Å². The second-order valence-corrected chi connectivity index (χ2v) is 6.91. The van der Waals surface area contributed by atoms with Gasteiger partial charge in [-0.25, -0.2) is 0 Å². The van der Waals surface area contributed by atoms with E-state index in [1.165, 1.54) is 6.42 Å². The molecule has 3 heteroatoms. The van der Waals surface area contributed by atoms with E-state index in [1.807, 2.05) is 0 Å². The number of carbonyl (C=O) groups excluding carboxylic acids is 1. The van der Waals surface area contributed by atoms with Crippen LogP contribution in [0.3, 0.4) is 0 Å². The maximum absolute atomic E-state index is 12.0. The first-order valence-corrected chi connectivity index (χ1v) is 6.81. The van der Waals surface area contributed by atoms with Crippen molar-refractivity contribution in [1.29, 1.82) is 0 Å². The van der Waals surface area contributed by atoms with Crippen LogP contribution >= 0.6 is 0 Å². The van der Waals surface area contributed by atoms with Crippen LogP contribution in [0, 0.1) is 23.2 Å². The lowest BCUT2D eigenvalue weighted by molar-refractivity contribution is -0.151. The number of carbonyl (C=O) groups is 1. The molecule has 0 spiro atoms. The van der Waals surface area contributed by atoms with Crippen LogP contribution in [0.5, 0.6) is 0 Å². The molecular weight excluding hydrogens is 214 g/mol. The molecule has 0 aromatic heterocycles. The Morgan fingerprint density at radius 3 is 2.47 bits per heavy atom. The molecule has 0 aromatic carbocycles. The van der Waals surface area contributed by atoms with E-state index in [4.69, 9.17) is 10.5 Å². The van der Waals surface area contributed by atoms with E-state index >= 15 is 0 Å². The third kappa shape index (κ3) is 2.82. The number of hydrogen-bond donors (Lipinski definition) is 1. The van der Waals surface area contributed by atoms with Crippen LogP contribution in [-0.2, 0) is 9.53 Å². The van der Waals surface area contributed by atoms with Gasteiger partial charge >= 0.3 is 5.97 Å². The second-order valence-electron chi connectivity index (χ2n) is 6.91. The van der Waals surface area contributed by atoms with Crippen LogP contribution in [0.15, 0.2) is 0 Å². The summed E-state index contributed by atoms with van der Waals surface area (Å²) in [4.78, 5) is 12.0. The smallest absolute Gasteiger partial charge is 0.310 e. The third-order valence-electron chi connectivity index (χ3n) is 4.35. The minimum absolute atomic E-state index is 0.0197. The third-order valence-corrected chi connectivity index (χ3v) is 4.35. The van der Waals surface area contributed by atoms with Crippen LogP contribution in [0.1, 0.15) is 46.5 Å². The van der Waals surface area contributed by atoms with Crippen molar-refractivity contribution < 1.29 is 9.53 Å². The quantitative estimate of drug-likeness (QED) is 0.769. The van der Waals surface area contributed by atoms with E-state index in [0.29, 0.717) is 18.4 Å². The largest absolute Gasteiger partial charge is 0.465 e. The summed E-state index contributed by atoms with van der Waals surface area (Å²) in [7, 11) is 0. The molecule has 2 saturated carbocycles. The number of rotatable bonds is 3. The molecule has 3 nitrogen and oxygen atoms in total. The SMILES string of the molecule is CC(C)(C)CCOC(=O)C1C2CCC(C2)C1N. The molecule has 2 aliphatic carbocycles. The summed E-state index contributed by atoms with van der Waals surface area (Å²) >= 11 is 0. The van der Waals surface area contributed by atoms with Gasteiger partial charge < -0.3 is 10.5 Å². The molecule has 0 radical (unpaired) electrons. The lowest BCUT2D eigenvalue weighted by Gasteiger charge is -2.27. The normalized spacial score (nSPS) is 36.2. The van der Waals surface area contributed by atoms with Gasteiger partial charge in [0.2, 0.25) is 0 Å². The molecule has 2 fully saturated rings. The minimum atomic E-state index is -0.0473. The lowest BCUT2D eigenvalue weighted by Crippen LogP contribution is -2.41. The summed E-state index contributed by atoms with van der Waals surface area (Å²) in [6, 6.07) is 0.0517. The van der Waals surface area contributed by atoms with Crippen molar-refractivity contribution in [1.82, 2.24) is 0 Å². The van der Waals surface area contributed by atoms with Gasteiger partial charge in [0.15, 0.2) is 0 Å². The van der Waals surface area contributed by atoms with E-state index in [2.05, 4.69) is 20.8 Å². The maximum atomic E-state index is 12.0. The second kappa shape index (κ2) is 4.60. The molecule has 2 rings (SSSR count). The summed E-state index contributed by atoms with van der Waals surface area (Å²) in [5.41, 5.74) is 6.34. The van der Waals surface area contributed by atoms with Crippen LogP contribution in [0.25, 0.3) is 0 Å². The van der Waals surface area contributed by atoms with Crippen molar-refractivity contribution >= 4 is 5.97 Å². The van der Waals surface area contributed by atoms with Crippen molar-refractivity contribution in [3.63, 3.8) is 0 Å². The van der Waals surface area contributed by atoms with Gasteiger partial charge in [0.25, 0.3) is 0 Å². The van der Waals surface area contributed by atoms with E-state index in [1.54, 1.807) is 0 Å². The Hall–Kier alpha value is -0.570. The van der Waals surface area contributed by atoms with Gasteiger partial charge in [-0.15, -0.1) is 0 Å². The van der Waals surface area contributed by atoms with Crippen LogP contribution < -0.4 is 5.73 Å². The summed E-state index contributed by atoms with van der Waals surface area (Å²) in [5.74, 6) is 1.000. The van der Waals surface area contributed by atoms with Crippen LogP contribution in [-0.4, -0.2) is 18.6 Å². The Kier molecular flexibility index (Phi) is 3.48. The van der Waals surface area contributed by atoms with E-state index < -0.39 is 0 Å². The lowest BCUT2D eigenvalue weighted by atomic mass is 9.85. The highest BCUT2D eigenvalue weighted by molar-refractivity contribution is 5.74.